The first-order chi connectivity index (χ1) is 11.5. The third-order valence-electron chi connectivity index (χ3n) is 3.43. The molecule has 1 aliphatic heterocycles. The Morgan fingerprint density at radius 3 is 2.50 bits per heavy atom. The van der Waals surface area contributed by atoms with Gasteiger partial charge in [-0.3, -0.25) is 19.7 Å². The van der Waals surface area contributed by atoms with E-state index in [1.165, 1.54) is 12.1 Å². The molecule has 0 spiro atoms. The van der Waals surface area contributed by atoms with Crippen LogP contribution in [0.5, 0.6) is 0 Å². The van der Waals surface area contributed by atoms with Crippen molar-refractivity contribution >= 4 is 46.8 Å². The number of carbonyl (C=O) groups excluding carboxylic acids is 3. The fraction of sp³-hybridized carbons (Fsp3) is 0.118. The number of nitrogens with one attached hydrogen (secondary N) is 2. The quantitative estimate of drug-likeness (QED) is 0.633. The van der Waals surface area contributed by atoms with Gasteiger partial charge < -0.3 is 5.32 Å². The highest BCUT2D eigenvalue weighted by Crippen LogP contribution is 2.22. The number of fused-ring (bicyclic) bond motifs is 1. The molecule has 0 fully saturated rings. The molecule has 3 rings (SSSR count). The molecule has 7 heteroatoms. The Hall–Kier alpha value is -2.31. The van der Waals surface area contributed by atoms with Gasteiger partial charge in [0.15, 0.2) is 0 Å². The molecule has 0 atom stereocenters. The van der Waals surface area contributed by atoms with E-state index >= 15 is 0 Å². The number of rotatable bonds is 5. The Balaban J connectivity index is 1.54. The van der Waals surface area contributed by atoms with Crippen LogP contribution < -0.4 is 10.6 Å². The van der Waals surface area contributed by atoms with Crippen molar-refractivity contribution in [1.29, 1.82) is 0 Å². The zero-order chi connectivity index (χ0) is 17.1. The lowest BCUT2D eigenvalue weighted by atomic mass is 10.1. The van der Waals surface area contributed by atoms with Gasteiger partial charge in [0.2, 0.25) is 5.91 Å². The van der Waals surface area contributed by atoms with Crippen LogP contribution >= 0.6 is 23.4 Å². The Labute approximate surface area is 147 Å². The van der Waals surface area contributed by atoms with E-state index in [4.69, 9.17) is 11.6 Å². The lowest BCUT2D eigenvalue weighted by Crippen LogP contribution is -2.19. The summed E-state index contributed by atoms with van der Waals surface area (Å²) in [5.41, 5.74) is 1.12. The minimum absolute atomic E-state index is 0.152. The molecule has 0 aliphatic carbocycles. The van der Waals surface area contributed by atoms with Crippen LogP contribution in [0.3, 0.4) is 0 Å². The molecule has 0 saturated carbocycles. The number of carbonyl (C=O) groups is 3. The largest absolute Gasteiger partial charge is 0.326 e. The van der Waals surface area contributed by atoms with E-state index in [0.29, 0.717) is 28.4 Å². The third-order valence-corrected chi connectivity index (χ3v) is 4.70. The van der Waals surface area contributed by atoms with E-state index in [2.05, 4.69) is 10.6 Å². The first-order valence-corrected chi connectivity index (χ1v) is 8.57. The second-order valence-corrected chi connectivity index (χ2v) is 6.75. The molecule has 1 heterocycles. The molecule has 0 radical (unpaired) electrons. The summed E-state index contributed by atoms with van der Waals surface area (Å²) in [6.07, 6.45) is 0.329. The maximum absolute atomic E-state index is 12.0. The molecule has 24 heavy (non-hydrogen) atoms. The summed E-state index contributed by atoms with van der Waals surface area (Å²) >= 11 is 7.38. The minimum Gasteiger partial charge on any atom is -0.326 e. The van der Waals surface area contributed by atoms with Gasteiger partial charge in [-0.15, -0.1) is 11.8 Å². The van der Waals surface area contributed by atoms with Crippen molar-refractivity contribution in [3.05, 3.63) is 58.6 Å². The fourth-order valence-corrected chi connectivity index (χ4v) is 3.24. The minimum atomic E-state index is -0.440. The van der Waals surface area contributed by atoms with Crippen molar-refractivity contribution < 1.29 is 14.4 Å². The smallest absolute Gasteiger partial charge is 0.259 e. The summed E-state index contributed by atoms with van der Waals surface area (Å²) in [7, 11) is 0. The molecule has 3 amide bonds. The third kappa shape index (κ3) is 3.77. The standard InChI is InChI=1S/C17H13ClN2O3S/c18-10-1-4-12(5-2-10)24-8-7-15(21)19-11-3-6-13-14(9-11)17(23)20-16(13)22/h1-6,9H,7-8H2,(H,19,21)(H,20,22,23). The average Bonchev–Trinajstić information content (AvgIpc) is 2.83. The summed E-state index contributed by atoms with van der Waals surface area (Å²) < 4.78 is 0. The van der Waals surface area contributed by atoms with Gasteiger partial charge in [0.25, 0.3) is 11.8 Å². The maximum atomic E-state index is 12.0. The lowest BCUT2D eigenvalue weighted by molar-refractivity contribution is -0.115. The van der Waals surface area contributed by atoms with Gasteiger partial charge in [0, 0.05) is 27.8 Å². The molecule has 0 bridgehead atoms. The number of amides is 3. The lowest BCUT2D eigenvalue weighted by Gasteiger charge is -2.06. The van der Waals surface area contributed by atoms with E-state index in [1.54, 1.807) is 30.0 Å². The number of anilines is 1. The van der Waals surface area contributed by atoms with Crippen molar-refractivity contribution in [3.8, 4) is 0 Å². The number of imide groups is 1. The predicted octanol–water partition coefficient (Wildman–Crippen LogP) is 3.34. The van der Waals surface area contributed by atoms with Crippen LogP contribution in [-0.2, 0) is 4.79 Å². The highest BCUT2D eigenvalue weighted by molar-refractivity contribution is 7.99. The molecule has 2 aromatic carbocycles. The van der Waals surface area contributed by atoms with Gasteiger partial charge in [-0.1, -0.05) is 11.6 Å². The molecule has 5 nitrogen and oxygen atoms in total. The van der Waals surface area contributed by atoms with Crippen LogP contribution in [0, 0.1) is 0 Å². The van der Waals surface area contributed by atoms with Crippen molar-refractivity contribution in [2.45, 2.75) is 11.3 Å². The zero-order valence-electron chi connectivity index (χ0n) is 12.5. The number of halogens is 1. The molecule has 0 unspecified atom stereocenters. The molecule has 122 valence electrons. The van der Waals surface area contributed by atoms with Gasteiger partial charge in [-0.2, -0.15) is 0 Å². The normalized spacial score (nSPS) is 12.7. The van der Waals surface area contributed by atoms with Crippen molar-refractivity contribution in [2.24, 2.45) is 0 Å². The van der Waals surface area contributed by atoms with Crippen LogP contribution in [0.25, 0.3) is 0 Å². The number of benzene rings is 2. The average molecular weight is 361 g/mol. The van der Waals surface area contributed by atoms with Gasteiger partial charge in [-0.05, 0) is 42.5 Å². The summed E-state index contributed by atoms with van der Waals surface area (Å²) in [5.74, 6) is -0.380. The van der Waals surface area contributed by atoms with Gasteiger partial charge in [0.05, 0.1) is 11.1 Å². The van der Waals surface area contributed by atoms with Gasteiger partial charge in [-0.25, -0.2) is 0 Å². The van der Waals surface area contributed by atoms with Crippen LogP contribution in [0.4, 0.5) is 5.69 Å². The van der Waals surface area contributed by atoms with Crippen molar-refractivity contribution in [1.82, 2.24) is 5.32 Å². The molecule has 0 aromatic heterocycles. The number of hydrogen-bond donors (Lipinski definition) is 2. The molecule has 2 aromatic rings. The summed E-state index contributed by atoms with van der Waals surface area (Å²) in [4.78, 5) is 36.1. The molecule has 1 aliphatic rings. The fourth-order valence-electron chi connectivity index (χ4n) is 2.26. The predicted molar refractivity (Wildman–Crippen MR) is 93.7 cm³/mol. The van der Waals surface area contributed by atoms with Crippen LogP contribution in [0.15, 0.2) is 47.4 Å². The van der Waals surface area contributed by atoms with Crippen molar-refractivity contribution in [2.75, 3.05) is 11.1 Å². The molecule has 0 saturated heterocycles. The topological polar surface area (TPSA) is 75.3 Å². The molecular weight excluding hydrogens is 348 g/mol. The Bertz CT molecular complexity index is 821. The summed E-state index contributed by atoms with van der Waals surface area (Å²) in [6, 6.07) is 12.1. The Morgan fingerprint density at radius 2 is 1.75 bits per heavy atom. The number of thioether (sulfide) groups is 1. The second kappa shape index (κ2) is 7.07. The first-order valence-electron chi connectivity index (χ1n) is 7.21. The Kier molecular flexibility index (Phi) is 4.87. The monoisotopic (exact) mass is 360 g/mol. The highest BCUT2D eigenvalue weighted by Gasteiger charge is 2.26. The van der Waals surface area contributed by atoms with E-state index in [-0.39, 0.29) is 11.5 Å². The highest BCUT2D eigenvalue weighted by atomic mass is 35.5. The second-order valence-electron chi connectivity index (χ2n) is 5.14. The van der Waals surface area contributed by atoms with Crippen LogP contribution in [-0.4, -0.2) is 23.5 Å². The van der Waals surface area contributed by atoms with Crippen LogP contribution in [0.1, 0.15) is 27.1 Å². The zero-order valence-corrected chi connectivity index (χ0v) is 14.0. The molecule has 2 N–H and O–H groups in total. The van der Waals surface area contributed by atoms with E-state index in [0.717, 1.165) is 4.90 Å². The maximum Gasteiger partial charge on any atom is 0.259 e. The Morgan fingerprint density at radius 1 is 1.04 bits per heavy atom. The first kappa shape index (κ1) is 16.5. The van der Waals surface area contributed by atoms with Crippen molar-refractivity contribution in [3.63, 3.8) is 0 Å². The van der Waals surface area contributed by atoms with E-state index in [1.807, 2.05) is 12.1 Å². The van der Waals surface area contributed by atoms with Crippen LogP contribution in [0.2, 0.25) is 5.02 Å². The SMILES string of the molecule is O=C(CCSc1ccc(Cl)cc1)Nc1ccc2c(c1)C(=O)NC2=O. The van der Waals surface area contributed by atoms with Gasteiger partial charge >= 0.3 is 0 Å². The van der Waals surface area contributed by atoms with E-state index in [9.17, 15) is 14.4 Å². The van der Waals surface area contributed by atoms with E-state index < -0.39 is 11.8 Å². The summed E-state index contributed by atoms with van der Waals surface area (Å²) in [5, 5.41) is 5.63. The summed E-state index contributed by atoms with van der Waals surface area (Å²) in [6.45, 7) is 0. The molecular formula is C17H13ClN2O3S. The van der Waals surface area contributed by atoms with Gasteiger partial charge in [0.1, 0.15) is 0 Å². The number of hydrogen-bond acceptors (Lipinski definition) is 4.